The van der Waals surface area contributed by atoms with E-state index in [0.29, 0.717) is 36.0 Å². The Kier molecular flexibility index (Phi) is 6.96. The standard InChI is InChI=1S/C28H31NO5/c1-18-6-7-21(14-19(18)2)28(30)29-13-12-20-15-26(32-4)27(33-5)16-24(20)25(29)17-34-23-10-8-22(31-3)9-11-23/h6-11,14-16,25H,12-13,17H2,1-5H3. The fourth-order valence-corrected chi connectivity index (χ4v) is 4.34. The first kappa shape index (κ1) is 23.5. The number of rotatable bonds is 7. The lowest BCUT2D eigenvalue weighted by Crippen LogP contribution is -2.42. The SMILES string of the molecule is COc1ccc(OCC2c3cc(OC)c(OC)cc3CCN2C(=O)c2ccc(C)c(C)c2)cc1. The van der Waals surface area contributed by atoms with E-state index in [0.717, 1.165) is 34.4 Å². The summed E-state index contributed by atoms with van der Waals surface area (Å²) in [5, 5.41) is 0. The van der Waals surface area contributed by atoms with Gasteiger partial charge in [0.1, 0.15) is 18.1 Å². The number of ether oxygens (including phenoxy) is 4. The number of hydrogen-bond donors (Lipinski definition) is 0. The Balaban J connectivity index is 1.69. The second-order valence-corrected chi connectivity index (χ2v) is 8.46. The van der Waals surface area contributed by atoms with Crippen LogP contribution in [0.4, 0.5) is 0 Å². The van der Waals surface area contributed by atoms with Crippen LogP contribution in [0.15, 0.2) is 54.6 Å². The van der Waals surface area contributed by atoms with E-state index < -0.39 is 0 Å². The van der Waals surface area contributed by atoms with Crippen LogP contribution in [0.3, 0.4) is 0 Å². The average molecular weight is 462 g/mol. The molecule has 0 aromatic heterocycles. The first-order valence-electron chi connectivity index (χ1n) is 11.3. The highest BCUT2D eigenvalue weighted by Crippen LogP contribution is 2.39. The second-order valence-electron chi connectivity index (χ2n) is 8.46. The van der Waals surface area contributed by atoms with E-state index in [1.807, 2.05) is 73.3 Å². The van der Waals surface area contributed by atoms with Crippen molar-refractivity contribution in [2.24, 2.45) is 0 Å². The Bertz CT molecular complexity index is 1170. The summed E-state index contributed by atoms with van der Waals surface area (Å²) in [6, 6.07) is 17.0. The molecule has 0 spiro atoms. The summed E-state index contributed by atoms with van der Waals surface area (Å²) in [5.74, 6) is 2.79. The maximum absolute atomic E-state index is 13.7. The highest BCUT2D eigenvalue weighted by molar-refractivity contribution is 5.95. The third-order valence-corrected chi connectivity index (χ3v) is 6.48. The van der Waals surface area contributed by atoms with Crippen molar-refractivity contribution in [2.75, 3.05) is 34.5 Å². The summed E-state index contributed by atoms with van der Waals surface area (Å²) in [4.78, 5) is 15.6. The molecule has 178 valence electrons. The topological polar surface area (TPSA) is 57.2 Å². The van der Waals surface area contributed by atoms with Gasteiger partial charge in [-0.2, -0.15) is 0 Å². The van der Waals surface area contributed by atoms with Gasteiger partial charge in [-0.05, 0) is 91.1 Å². The van der Waals surface area contributed by atoms with Crippen LogP contribution in [-0.2, 0) is 6.42 Å². The van der Waals surface area contributed by atoms with E-state index in [4.69, 9.17) is 18.9 Å². The van der Waals surface area contributed by atoms with Crippen molar-refractivity contribution >= 4 is 5.91 Å². The lowest BCUT2D eigenvalue weighted by Gasteiger charge is -2.37. The number of amides is 1. The van der Waals surface area contributed by atoms with Gasteiger partial charge in [-0.3, -0.25) is 4.79 Å². The van der Waals surface area contributed by atoms with Crippen molar-refractivity contribution < 1.29 is 23.7 Å². The smallest absolute Gasteiger partial charge is 0.254 e. The van der Waals surface area contributed by atoms with E-state index in [2.05, 4.69) is 0 Å². The third-order valence-electron chi connectivity index (χ3n) is 6.48. The molecule has 0 saturated carbocycles. The zero-order valence-electron chi connectivity index (χ0n) is 20.4. The molecule has 1 unspecified atom stereocenters. The van der Waals surface area contributed by atoms with Crippen molar-refractivity contribution in [3.05, 3.63) is 82.4 Å². The lowest BCUT2D eigenvalue weighted by atomic mass is 9.91. The molecule has 0 fully saturated rings. The van der Waals surface area contributed by atoms with Gasteiger partial charge in [0.15, 0.2) is 11.5 Å². The Morgan fingerprint density at radius 2 is 1.53 bits per heavy atom. The van der Waals surface area contributed by atoms with Crippen molar-refractivity contribution in [1.82, 2.24) is 4.90 Å². The fraction of sp³-hybridized carbons (Fsp3) is 0.321. The van der Waals surface area contributed by atoms with Gasteiger partial charge < -0.3 is 23.8 Å². The molecule has 1 atom stereocenters. The van der Waals surface area contributed by atoms with Gasteiger partial charge in [-0.15, -0.1) is 0 Å². The Labute approximate surface area is 201 Å². The van der Waals surface area contributed by atoms with E-state index >= 15 is 0 Å². The van der Waals surface area contributed by atoms with Crippen LogP contribution in [0.1, 0.15) is 38.7 Å². The van der Waals surface area contributed by atoms with Gasteiger partial charge in [0.2, 0.25) is 0 Å². The summed E-state index contributed by atoms with van der Waals surface area (Å²) in [7, 11) is 4.88. The van der Waals surface area contributed by atoms with Crippen LogP contribution < -0.4 is 18.9 Å². The maximum atomic E-state index is 13.7. The van der Waals surface area contributed by atoms with Gasteiger partial charge in [0.25, 0.3) is 5.91 Å². The van der Waals surface area contributed by atoms with Gasteiger partial charge >= 0.3 is 0 Å². The van der Waals surface area contributed by atoms with Gasteiger partial charge in [-0.1, -0.05) is 6.07 Å². The van der Waals surface area contributed by atoms with Crippen LogP contribution in [0, 0.1) is 13.8 Å². The number of aryl methyl sites for hydroxylation is 2. The van der Waals surface area contributed by atoms with Crippen LogP contribution in [0.2, 0.25) is 0 Å². The lowest BCUT2D eigenvalue weighted by molar-refractivity contribution is 0.0589. The molecule has 1 amide bonds. The summed E-state index contributed by atoms with van der Waals surface area (Å²) >= 11 is 0. The summed E-state index contributed by atoms with van der Waals surface area (Å²) in [5.41, 5.74) is 5.08. The molecule has 0 aliphatic carbocycles. The predicted molar refractivity (Wildman–Crippen MR) is 131 cm³/mol. The largest absolute Gasteiger partial charge is 0.497 e. The molecule has 34 heavy (non-hydrogen) atoms. The van der Waals surface area contributed by atoms with E-state index in [-0.39, 0.29) is 11.9 Å². The Morgan fingerprint density at radius 3 is 2.18 bits per heavy atom. The minimum Gasteiger partial charge on any atom is -0.497 e. The number of methoxy groups -OCH3 is 3. The molecule has 1 aliphatic rings. The first-order valence-corrected chi connectivity index (χ1v) is 11.3. The number of benzene rings is 3. The number of carbonyl (C=O) groups is 1. The van der Waals surface area contributed by atoms with Crippen molar-refractivity contribution in [1.29, 1.82) is 0 Å². The van der Waals surface area contributed by atoms with E-state index in [9.17, 15) is 4.79 Å². The van der Waals surface area contributed by atoms with E-state index in [1.54, 1.807) is 21.3 Å². The zero-order chi connectivity index (χ0) is 24.2. The predicted octanol–water partition coefficient (Wildman–Crippen LogP) is 5.15. The molecule has 0 N–H and O–H groups in total. The van der Waals surface area contributed by atoms with E-state index in [1.165, 1.54) is 0 Å². The Morgan fingerprint density at radius 1 is 0.853 bits per heavy atom. The molecule has 4 rings (SSSR count). The molecule has 3 aromatic rings. The van der Waals surface area contributed by atoms with Crippen molar-refractivity contribution in [3.8, 4) is 23.0 Å². The molecule has 3 aromatic carbocycles. The zero-order valence-corrected chi connectivity index (χ0v) is 20.4. The molecular weight excluding hydrogens is 430 g/mol. The van der Waals surface area contributed by atoms with Crippen LogP contribution in [0.25, 0.3) is 0 Å². The molecule has 6 heteroatoms. The molecule has 0 saturated heterocycles. The number of carbonyl (C=O) groups excluding carboxylic acids is 1. The quantitative estimate of drug-likeness (QED) is 0.487. The normalized spacial score (nSPS) is 14.9. The van der Waals surface area contributed by atoms with Gasteiger partial charge in [-0.25, -0.2) is 0 Å². The van der Waals surface area contributed by atoms with Crippen LogP contribution in [0.5, 0.6) is 23.0 Å². The maximum Gasteiger partial charge on any atom is 0.254 e. The molecular formula is C28H31NO5. The molecule has 1 aliphatic heterocycles. The van der Waals surface area contributed by atoms with Gasteiger partial charge in [0, 0.05) is 12.1 Å². The molecule has 0 radical (unpaired) electrons. The monoisotopic (exact) mass is 461 g/mol. The van der Waals surface area contributed by atoms with Crippen molar-refractivity contribution in [3.63, 3.8) is 0 Å². The number of hydrogen-bond acceptors (Lipinski definition) is 5. The Hall–Kier alpha value is -3.67. The number of fused-ring (bicyclic) bond motifs is 1. The summed E-state index contributed by atoms with van der Waals surface area (Å²) in [6.45, 7) is 4.97. The number of nitrogens with zero attached hydrogens (tertiary/aromatic N) is 1. The summed E-state index contributed by atoms with van der Waals surface area (Å²) in [6.07, 6.45) is 0.727. The molecule has 1 heterocycles. The fourth-order valence-electron chi connectivity index (χ4n) is 4.34. The van der Waals surface area contributed by atoms with Crippen LogP contribution in [-0.4, -0.2) is 45.3 Å². The average Bonchev–Trinajstić information content (AvgIpc) is 2.87. The van der Waals surface area contributed by atoms with Gasteiger partial charge in [0.05, 0.1) is 27.4 Å². The van der Waals surface area contributed by atoms with Crippen molar-refractivity contribution in [2.45, 2.75) is 26.3 Å². The summed E-state index contributed by atoms with van der Waals surface area (Å²) < 4.78 is 22.5. The van der Waals surface area contributed by atoms with Crippen LogP contribution >= 0.6 is 0 Å². The molecule has 6 nitrogen and oxygen atoms in total. The molecule has 0 bridgehead atoms. The minimum atomic E-state index is -0.278. The third kappa shape index (κ3) is 4.67. The second kappa shape index (κ2) is 10.1. The minimum absolute atomic E-state index is 0.00753. The highest BCUT2D eigenvalue weighted by atomic mass is 16.5. The highest BCUT2D eigenvalue weighted by Gasteiger charge is 2.33. The first-order chi connectivity index (χ1) is 16.4.